The summed E-state index contributed by atoms with van der Waals surface area (Å²) in [5, 5.41) is 0. The van der Waals surface area contributed by atoms with Crippen molar-refractivity contribution in [1.82, 2.24) is 4.90 Å². The molecule has 0 amide bonds. The predicted molar refractivity (Wildman–Crippen MR) is 61.4 cm³/mol. The molecule has 0 saturated heterocycles. The first kappa shape index (κ1) is 15.1. The average Bonchev–Trinajstić information content (AvgIpc) is 2.16. The van der Waals surface area contributed by atoms with Crippen molar-refractivity contribution in [2.75, 3.05) is 32.2 Å². The number of hydrogen-bond acceptors (Lipinski definition) is 2. The van der Waals surface area contributed by atoms with Crippen LogP contribution in [0.4, 0.5) is 13.2 Å². The molecule has 0 N–H and O–H groups in total. The van der Waals surface area contributed by atoms with Gasteiger partial charge in [0.1, 0.15) is 6.61 Å². The van der Waals surface area contributed by atoms with Gasteiger partial charge in [0.25, 0.3) is 0 Å². The number of alkyl halides is 4. The van der Waals surface area contributed by atoms with E-state index in [1.54, 1.807) is 0 Å². The molecule has 6 heteroatoms. The fraction of sp³-hybridized carbons (Fsp3) is 1.00. The minimum absolute atomic E-state index is 0.137. The third-order valence-electron chi connectivity index (χ3n) is 2.96. The Morgan fingerprint density at radius 1 is 1.24 bits per heavy atom. The van der Waals surface area contributed by atoms with E-state index in [4.69, 9.17) is 11.6 Å². The Bertz CT molecular complexity index is 209. The average molecular weight is 274 g/mol. The van der Waals surface area contributed by atoms with E-state index >= 15 is 0 Å². The predicted octanol–water partition coefficient (Wildman–Crippen LogP) is 3.05. The van der Waals surface area contributed by atoms with E-state index in [0.29, 0.717) is 18.5 Å². The van der Waals surface area contributed by atoms with Gasteiger partial charge in [0, 0.05) is 18.5 Å². The van der Waals surface area contributed by atoms with Crippen LogP contribution in [0.3, 0.4) is 0 Å². The van der Waals surface area contributed by atoms with E-state index in [1.807, 2.05) is 0 Å². The molecule has 0 spiro atoms. The lowest BCUT2D eigenvalue weighted by molar-refractivity contribution is -0.175. The van der Waals surface area contributed by atoms with Crippen LogP contribution in [0.5, 0.6) is 0 Å². The summed E-state index contributed by atoms with van der Waals surface area (Å²) in [6.45, 7) is 0.403. The molecule has 0 aliphatic heterocycles. The van der Waals surface area contributed by atoms with E-state index in [2.05, 4.69) is 9.64 Å². The molecule has 2 nitrogen and oxygen atoms in total. The molecule has 1 fully saturated rings. The van der Waals surface area contributed by atoms with E-state index in [-0.39, 0.29) is 6.61 Å². The summed E-state index contributed by atoms with van der Waals surface area (Å²) in [4.78, 5) is 2.20. The SMILES string of the molecule is FC(F)(F)COCCN(CCCCl)C1CCC1. The molecule has 0 heterocycles. The van der Waals surface area contributed by atoms with Crippen molar-refractivity contribution in [2.24, 2.45) is 0 Å². The van der Waals surface area contributed by atoms with Crippen LogP contribution in [0.2, 0.25) is 0 Å². The molecule has 0 bridgehead atoms. The summed E-state index contributed by atoms with van der Waals surface area (Å²) >= 11 is 5.63. The maximum absolute atomic E-state index is 11.9. The maximum Gasteiger partial charge on any atom is 0.411 e. The van der Waals surface area contributed by atoms with Crippen molar-refractivity contribution in [3.05, 3.63) is 0 Å². The van der Waals surface area contributed by atoms with Gasteiger partial charge in [0.05, 0.1) is 6.61 Å². The Balaban J connectivity index is 2.14. The molecule has 17 heavy (non-hydrogen) atoms. The molecule has 1 rings (SSSR count). The van der Waals surface area contributed by atoms with Crippen LogP contribution >= 0.6 is 11.6 Å². The van der Waals surface area contributed by atoms with Crippen molar-refractivity contribution in [3.8, 4) is 0 Å². The number of ether oxygens (including phenoxy) is 1. The van der Waals surface area contributed by atoms with Gasteiger partial charge in [-0.25, -0.2) is 0 Å². The molecule has 0 aromatic heterocycles. The highest BCUT2D eigenvalue weighted by Gasteiger charge is 2.28. The number of nitrogens with zero attached hydrogens (tertiary/aromatic N) is 1. The minimum Gasteiger partial charge on any atom is -0.371 e. The van der Waals surface area contributed by atoms with Crippen LogP contribution in [-0.4, -0.2) is 49.3 Å². The summed E-state index contributed by atoms with van der Waals surface area (Å²) in [6, 6.07) is 0.521. The maximum atomic E-state index is 11.9. The molecule has 0 aromatic carbocycles. The molecular weight excluding hydrogens is 255 g/mol. The normalized spacial score (nSPS) is 17.5. The van der Waals surface area contributed by atoms with Gasteiger partial charge in [0.15, 0.2) is 0 Å². The molecular formula is C11H19ClF3NO. The van der Waals surface area contributed by atoms with Crippen LogP contribution in [-0.2, 0) is 4.74 Å². The summed E-state index contributed by atoms with van der Waals surface area (Å²) in [7, 11) is 0. The van der Waals surface area contributed by atoms with Crippen molar-refractivity contribution < 1.29 is 17.9 Å². The van der Waals surface area contributed by atoms with Crippen molar-refractivity contribution in [3.63, 3.8) is 0 Å². The van der Waals surface area contributed by atoms with Gasteiger partial charge >= 0.3 is 6.18 Å². The third kappa shape index (κ3) is 6.48. The lowest BCUT2D eigenvalue weighted by atomic mass is 9.91. The van der Waals surface area contributed by atoms with E-state index in [9.17, 15) is 13.2 Å². The Morgan fingerprint density at radius 2 is 1.94 bits per heavy atom. The minimum atomic E-state index is -4.22. The Kier molecular flexibility index (Phi) is 6.59. The highest BCUT2D eigenvalue weighted by molar-refractivity contribution is 6.17. The first-order chi connectivity index (χ1) is 8.03. The fourth-order valence-corrected chi connectivity index (χ4v) is 1.98. The smallest absolute Gasteiger partial charge is 0.371 e. The number of rotatable bonds is 8. The van der Waals surface area contributed by atoms with Gasteiger partial charge in [-0.3, -0.25) is 4.90 Å². The molecule has 102 valence electrons. The van der Waals surface area contributed by atoms with Gasteiger partial charge < -0.3 is 4.74 Å². The summed E-state index contributed by atoms with van der Waals surface area (Å²) in [5.74, 6) is 0.590. The molecule has 1 aliphatic rings. The second-order valence-corrected chi connectivity index (χ2v) is 4.71. The molecule has 1 saturated carbocycles. The monoisotopic (exact) mass is 273 g/mol. The highest BCUT2D eigenvalue weighted by atomic mass is 35.5. The van der Waals surface area contributed by atoms with Gasteiger partial charge in [-0.1, -0.05) is 6.42 Å². The van der Waals surface area contributed by atoms with Gasteiger partial charge in [-0.05, 0) is 25.8 Å². The van der Waals surface area contributed by atoms with Crippen LogP contribution in [0, 0.1) is 0 Å². The lowest BCUT2D eigenvalue weighted by Crippen LogP contribution is -2.42. The third-order valence-corrected chi connectivity index (χ3v) is 3.23. The van der Waals surface area contributed by atoms with Gasteiger partial charge in [0.2, 0.25) is 0 Å². The molecule has 0 radical (unpaired) electrons. The van der Waals surface area contributed by atoms with Crippen LogP contribution in [0.15, 0.2) is 0 Å². The first-order valence-electron chi connectivity index (χ1n) is 5.97. The number of halogens is 4. The molecule has 0 aromatic rings. The summed E-state index contributed by atoms with van der Waals surface area (Å²) in [5.41, 5.74) is 0. The summed E-state index contributed by atoms with van der Waals surface area (Å²) in [6.07, 6.45) is 0.142. The van der Waals surface area contributed by atoms with Crippen molar-refractivity contribution in [2.45, 2.75) is 37.9 Å². The first-order valence-corrected chi connectivity index (χ1v) is 6.51. The van der Waals surface area contributed by atoms with Crippen molar-refractivity contribution >= 4 is 11.6 Å². The van der Waals surface area contributed by atoms with Crippen LogP contribution < -0.4 is 0 Å². The second-order valence-electron chi connectivity index (χ2n) is 4.33. The molecule has 0 unspecified atom stereocenters. The van der Waals surface area contributed by atoms with Crippen LogP contribution in [0.25, 0.3) is 0 Å². The standard InChI is InChI=1S/C11H19ClF3NO/c12-5-2-6-16(10-3-1-4-10)7-8-17-9-11(13,14)15/h10H,1-9H2. The van der Waals surface area contributed by atoms with E-state index in [1.165, 1.54) is 6.42 Å². The zero-order valence-corrected chi connectivity index (χ0v) is 10.6. The largest absolute Gasteiger partial charge is 0.411 e. The zero-order chi connectivity index (χ0) is 12.7. The van der Waals surface area contributed by atoms with E-state index in [0.717, 1.165) is 25.8 Å². The van der Waals surface area contributed by atoms with Crippen LogP contribution in [0.1, 0.15) is 25.7 Å². The molecule has 0 atom stereocenters. The Morgan fingerprint density at radius 3 is 2.41 bits per heavy atom. The zero-order valence-electron chi connectivity index (χ0n) is 9.81. The lowest BCUT2D eigenvalue weighted by Gasteiger charge is -2.37. The van der Waals surface area contributed by atoms with Gasteiger partial charge in [-0.15, -0.1) is 11.6 Å². The summed E-state index contributed by atoms with van der Waals surface area (Å²) < 4.78 is 40.2. The number of hydrogen-bond donors (Lipinski definition) is 0. The quantitative estimate of drug-likeness (QED) is 0.498. The Hall–Kier alpha value is 0. The topological polar surface area (TPSA) is 12.5 Å². The highest BCUT2D eigenvalue weighted by Crippen LogP contribution is 2.24. The van der Waals surface area contributed by atoms with E-state index < -0.39 is 12.8 Å². The van der Waals surface area contributed by atoms with Gasteiger partial charge in [-0.2, -0.15) is 13.2 Å². The Labute approximate surface area is 105 Å². The van der Waals surface area contributed by atoms with Crippen molar-refractivity contribution in [1.29, 1.82) is 0 Å². The fourth-order valence-electron chi connectivity index (χ4n) is 1.86. The molecule has 1 aliphatic carbocycles. The second kappa shape index (κ2) is 7.44.